The van der Waals surface area contributed by atoms with Crippen molar-refractivity contribution in [2.45, 2.75) is 31.5 Å². The van der Waals surface area contributed by atoms with E-state index in [2.05, 4.69) is 15.1 Å². The summed E-state index contributed by atoms with van der Waals surface area (Å²) < 4.78 is 48.5. The van der Waals surface area contributed by atoms with E-state index >= 15 is 4.39 Å². The molecule has 1 saturated heterocycles. The molecule has 1 aromatic heterocycles. The largest absolute Gasteiger partial charge is 0.434 e. The smallest absolute Gasteiger partial charge is 0.388 e. The van der Waals surface area contributed by atoms with Gasteiger partial charge in [0.1, 0.15) is 17.3 Å². The molecule has 1 N–H and O–H groups in total. The van der Waals surface area contributed by atoms with E-state index in [4.69, 9.17) is 16.0 Å². The van der Waals surface area contributed by atoms with Gasteiger partial charge in [-0.3, -0.25) is 4.90 Å². The Kier molecular flexibility index (Phi) is 6.72. The fourth-order valence-corrected chi connectivity index (χ4v) is 5.53. The maximum absolute atomic E-state index is 15.4. The minimum atomic E-state index is -1.69. The lowest BCUT2D eigenvalue weighted by molar-refractivity contribution is 0.00805. The van der Waals surface area contributed by atoms with Crippen LogP contribution in [0.25, 0.3) is 11.5 Å². The number of aromatic nitrogens is 2. The van der Waals surface area contributed by atoms with Gasteiger partial charge in [0, 0.05) is 35.7 Å². The van der Waals surface area contributed by atoms with E-state index in [0.717, 1.165) is 17.2 Å². The average Bonchev–Trinajstić information content (AvgIpc) is 3.24. The minimum absolute atomic E-state index is 0.163. The molecule has 5 rings (SSSR count). The van der Waals surface area contributed by atoms with Crippen LogP contribution in [0.15, 0.2) is 75.9 Å². The first-order valence-corrected chi connectivity index (χ1v) is 12.3. The van der Waals surface area contributed by atoms with Crippen LogP contribution in [-0.4, -0.2) is 33.9 Å². The number of alkyl halides is 1. The van der Waals surface area contributed by atoms with Crippen molar-refractivity contribution < 1.29 is 17.6 Å². The number of nitrogens with zero attached hydrogens (tertiary/aromatic N) is 2. The monoisotopic (exact) mass is 527 g/mol. The fraction of sp³-hybridized carbons (Fsp3) is 0.286. The summed E-state index contributed by atoms with van der Waals surface area (Å²) in [5.74, 6) is -2.76. The van der Waals surface area contributed by atoms with Crippen molar-refractivity contribution in [2.75, 3.05) is 13.1 Å². The van der Waals surface area contributed by atoms with Gasteiger partial charge in [0.25, 0.3) is 0 Å². The third-order valence-electron chi connectivity index (χ3n) is 6.83. The topological polar surface area (TPSA) is 62.1 Å². The van der Waals surface area contributed by atoms with Crippen LogP contribution in [0.1, 0.15) is 42.5 Å². The van der Waals surface area contributed by atoms with Crippen LogP contribution < -0.4 is 5.76 Å². The maximum atomic E-state index is 15.4. The van der Waals surface area contributed by atoms with E-state index in [1.165, 1.54) is 26.0 Å². The molecule has 0 radical (unpaired) electrons. The zero-order valence-corrected chi connectivity index (χ0v) is 21.0. The first-order chi connectivity index (χ1) is 17.6. The van der Waals surface area contributed by atoms with Gasteiger partial charge in [0.15, 0.2) is 0 Å². The lowest BCUT2D eigenvalue weighted by atomic mass is 9.72. The number of hydrogen-bond acceptors (Lipinski definition) is 4. The Balaban J connectivity index is 1.48. The summed E-state index contributed by atoms with van der Waals surface area (Å²) in [7, 11) is 0. The third-order valence-corrected chi connectivity index (χ3v) is 7.08. The number of rotatable bonds is 7. The van der Waals surface area contributed by atoms with Gasteiger partial charge in [-0.15, -0.1) is 5.10 Å². The molecule has 1 aliphatic rings. The lowest BCUT2D eigenvalue weighted by Gasteiger charge is -2.50. The predicted octanol–water partition coefficient (Wildman–Crippen LogP) is 6.51. The van der Waals surface area contributed by atoms with E-state index in [1.54, 1.807) is 18.2 Å². The van der Waals surface area contributed by atoms with E-state index < -0.39 is 29.0 Å². The minimum Gasteiger partial charge on any atom is -0.388 e. The van der Waals surface area contributed by atoms with Crippen LogP contribution in [0, 0.1) is 17.6 Å². The maximum Gasteiger partial charge on any atom is 0.434 e. The number of nitrogens with one attached hydrogen (secondary N) is 1. The molecule has 37 heavy (non-hydrogen) atoms. The molecule has 1 unspecified atom stereocenters. The predicted molar refractivity (Wildman–Crippen MR) is 135 cm³/mol. The number of halogens is 4. The van der Waals surface area contributed by atoms with Crippen LogP contribution in [0.3, 0.4) is 0 Å². The Bertz CT molecular complexity index is 1440. The molecular formula is C28H25ClF3N3O2. The van der Waals surface area contributed by atoms with Crippen molar-refractivity contribution in [1.29, 1.82) is 0 Å². The van der Waals surface area contributed by atoms with Crippen LogP contribution in [0.2, 0.25) is 5.02 Å². The van der Waals surface area contributed by atoms with Crippen LogP contribution in [0.5, 0.6) is 0 Å². The fourth-order valence-electron chi connectivity index (χ4n) is 5.41. The molecule has 4 aromatic rings. The highest BCUT2D eigenvalue weighted by molar-refractivity contribution is 6.30. The number of likely N-dealkylation sites (tertiary alicyclic amines) is 1. The molecule has 2 heterocycles. The van der Waals surface area contributed by atoms with Gasteiger partial charge in [-0.2, -0.15) is 0 Å². The van der Waals surface area contributed by atoms with E-state index in [-0.39, 0.29) is 17.9 Å². The first kappa shape index (κ1) is 25.3. The van der Waals surface area contributed by atoms with Gasteiger partial charge in [0.2, 0.25) is 5.89 Å². The van der Waals surface area contributed by atoms with Crippen molar-refractivity contribution in [3.8, 4) is 11.5 Å². The second-order valence-corrected chi connectivity index (χ2v) is 10.4. The van der Waals surface area contributed by atoms with Gasteiger partial charge in [-0.1, -0.05) is 35.9 Å². The molecular weight excluding hydrogens is 503 g/mol. The molecule has 3 aromatic carbocycles. The SMILES string of the molecule is CC(C)(F)C(c1cc(F)cc(F)c1)C1CN([C@@H](c2ccc(Cl)cc2)c2cccc(-c3n[nH]c(=O)o3)c2)C1. The van der Waals surface area contributed by atoms with E-state index in [9.17, 15) is 13.6 Å². The normalized spacial score (nSPS) is 16.4. The van der Waals surface area contributed by atoms with Gasteiger partial charge in [-0.25, -0.2) is 23.1 Å². The van der Waals surface area contributed by atoms with Crippen LogP contribution >= 0.6 is 11.6 Å². The third kappa shape index (κ3) is 5.36. The van der Waals surface area contributed by atoms with Crippen LogP contribution in [0.4, 0.5) is 13.2 Å². The van der Waals surface area contributed by atoms with Gasteiger partial charge >= 0.3 is 5.76 Å². The number of aromatic amines is 1. The summed E-state index contributed by atoms with van der Waals surface area (Å²) in [5.41, 5.74) is 1.13. The highest BCUT2D eigenvalue weighted by Gasteiger charge is 2.45. The Hall–Kier alpha value is -3.36. The van der Waals surface area contributed by atoms with Crippen molar-refractivity contribution in [1.82, 2.24) is 15.1 Å². The molecule has 2 atom stereocenters. The summed E-state index contributed by atoms with van der Waals surface area (Å²) in [4.78, 5) is 13.6. The van der Waals surface area contributed by atoms with E-state index in [0.29, 0.717) is 29.2 Å². The zero-order chi connectivity index (χ0) is 26.3. The van der Waals surface area contributed by atoms with Gasteiger partial charge in [-0.05, 0) is 72.9 Å². The summed E-state index contributed by atoms with van der Waals surface area (Å²) in [6.07, 6.45) is 0. The number of H-pyrrole nitrogens is 1. The molecule has 0 bridgehead atoms. The Labute approximate surface area is 216 Å². The van der Waals surface area contributed by atoms with Crippen LogP contribution in [-0.2, 0) is 0 Å². The molecule has 1 fully saturated rings. The molecule has 192 valence electrons. The molecule has 5 nitrogen and oxygen atoms in total. The quantitative estimate of drug-likeness (QED) is 0.297. The molecule has 9 heteroatoms. The summed E-state index contributed by atoms with van der Waals surface area (Å²) in [6.45, 7) is 3.90. The van der Waals surface area contributed by atoms with Crippen molar-refractivity contribution in [3.05, 3.63) is 111 Å². The second kappa shape index (κ2) is 9.84. The summed E-state index contributed by atoms with van der Waals surface area (Å²) in [5, 5.41) is 6.79. The number of benzene rings is 3. The lowest BCUT2D eigenvalue weighted by Crippen LogP contribution is -2.53. The second-order valence-electron chi connectivity index (χ2n) is 9.96. The van der Waals surface area contributed by atoms with Gasteiger partial charge in [0.05, 0.1) is 6.04 Å². The average molecular weight is 528 g/mol. The highest BCUT2D eigenvalue weighted by atomic mass is 35.5. The Morgan fingerprint density at radius 1 is 1.00 bits per heavy atom. The van der Waals surface area contributed by atoms with Crippen molar-refractivity contribution >= 4 is 11.6 Å². The first-order valence-electron chi connectivity index (χ1n) is 11.9. The molecule has 1 aliphatic heterocycles. The standard InChI is InChI=1S/C28H25ClF3N3O2/c1-28(2,32)24(19-11-22(30)13-23(31)12-19)20-14-35(15-20)25(16-6-8-21(29)9-7-16)17-4-3-5-18(10-17)26-33-34-27(36)37-26/h3-13,20,24-25H,14-15H2,1-2H3,(H,34,36)/t24?,25-/m0/s1. The van der Waals surface area contributed by atoms with Gasteiger partial charge < -0.3 is 4.42 Å². The molecule has 0 amide bonds. The molecule has 0 aliphatic carbocycles. The number of hydrogen-bond donors (Lipinski definition) is 1. The molecule has 0 spiro atoms. The molecule has 0 saturated carbocycles. The zero-order valence-electron chi connectivity index (χ0n) is 20.2. The highest BCUT2D eigenvalue weighted by Crippen LogP contribution is 2.46. The summed E-state index contributed by atoms with van der Waals surface area (Å²) >= 11 is 6.14. The Morgan fingerprint density at radius 2 is 1.68 bits per heavy atom. The summed E-state index contributed by atoms with van der Waals surface area (Å²) in [6, 6.07) is 18.0. The van der Waals surface area contributed by atoms with Crippen molar-refractivity contribution in [2.24, 2.45) is 5.92 Å². The Morgan fingerprint density at radius 3 is 2.27 bits per heavy atom. The van der Waals surface area contributed by atoms with Crippen molar-refractivity contribution in [3.63, 3.8) is 0 Å². The van der Waals surface area contributed by atoms with E-state index in [1.807, 2.05) is 30.3 Å².